The van der Waals surface area contributed by atoms with Gasteiger partial charge in [-0.1, -0.05) is 30.3 Å². The zero-order valence-corrected chi connectivity index (χ0v) is 18.6. The molecule has 3 N–H and O–H groups in total. The molecular weight excluding hydrogens is 440 g/mol. The molecule has 1 aromatic heterocycles. The van der Waals surface area contributed by atoms with Gasteiger partial charge in [-0.3, -0.25) is 14.3 Å². The van der Waals surface area contributed by atoms with Gasteiger partial charge in [-0.15, -0.1) is 0 Å². The van der Waals surface area contributed by atoms with Crippen LogP contribution in [-0.2, 0) is 17.8 Å². The van der Waals surface area contributed by atoms with Crippen LogP contribution >= 0.6 is 0 Å². The highest BCUT2D eigenvalue weighted by molar-refractivity contribution is 5.31. The summed E-state index contributed by atoms with van der Waals surface area (Å²) in [5.74, 6) is 1.43. The molecule has 1 fully saturated rings. The first-order valence-electron chi connectivity index (χ1n) is 11.2. The Balaban J connectivity index is 1.27. The van der Waals surface area contributed by atoms with Crippen molar-refractivity contribution in [2.75, 3.05) is 13.2 Å². The Bertz CT molecular complexity index is 1170. The summed E-state index contributed by atoms with van der Waals surface area (Å²) in [4.78, 5) is 26.7. The SMILES string of the molecule is O=c1[nH]c(=O)n([C@H]2C[C@H](O)[C@@H](CO)O2)cc1CCCOc1ccc(OCc2ccccc2)cc1. The van der Waals surface area contributed by atoms with Crippen LogP contribution in [-0.4, -0.2) is 45.2 Å². The van der Waals surface area contributed by atoms with E-state index in [0.717, 1.165) is 11.3 Å². The Hall–Kier alpha value is -3.40. The van der Waals surface area contributed by atoms with Crippen molar-refractivity contribution in [3.63, 3.8) is 0 Å². The molecule has 9 heteroatoms. The maximum Gasteiger partial charge on any atom is 0.330 e. The molecule has 2 aromatic carbocycles. The minimum absolute atomic E-state index is 0.158. The van der Waals surface area contributed by atoms with E-state index in [2.05, 4.69) is 4.98 Å². The highest BCUT2D eigenvalue weighted by Gasteiger charge is 2.35. The van der Waals surface area contributed by atoms with Crippen LogP contribution < -0.4 is 20.7 Å². The van der Waals surface area contributed by atoms with Gasteiger partial charge in [0.2, 0.25) is 0 Å². The summed E-state index contributed by atoms with van der Waals surface area (Å²) >= 11 is 0. The molecule has 1 saturated heterocycles. The topological polar surface area (TPSA) is 123 Å². The minimum atomic E-state index is -0.874. The normalized spacial score (nSPS) is 19.8. The monoisotopic (exact) mass is 468 g/mol. The number of rotatable bonds is 10. The third-order valence-electron chi connectivity index (χ3n) is 5.67. The quantitative estimate of drug-likeness (QED) is 0.388. The van der Waals surface area contributed by atoms with Crippen molar-refractivity contribution in [1.82, 2.24) is 9.55 Å². The Kier molecular flexibility index (Phi) is 7.79. The van der Waals surface area contributed by atoms with E-state index in [4.69, 9.17) is 14.2 Å². The molecule has 4 rings (SSSR count). The third-order valence-corrected chi connectivity index (χ3v) is 5.67. The molecule has 0 aliphatic carbocycles. The molecule has 1 aliphatic rings. The maximum atomic E-state index is 12.2. The van der Waals surface area contributed by atoms with Gasteiger partial charge in [-0.25, -0.2) is 4.79 Å². The average Bonchev–Trinajstić information content (AvgIpc) is 3.23. The van der Waals surface area contributed by atoms with Crippen LogP contribution in [0.15, 0.2) is 70.4 Å². The molecule has 1 aliphatic heterocycles. The number of aliphatic hydroxyl groups excluding tert-OH is 2. The molecule has 0 spiro atoms. The number of H-pyrrole nitrogens is 1. The molecule has 3 atom stereocenters. The zero-order chi connectivity index (χ0) is 23.9. The van der Waals surface area contributed by atoms with E-state index in [1.807, 2.05) is 54.6 Å². The van der Waals surface area contributed by atoms with Gasteiger partial charge < -0.3 is 24.4 Å². The van der Waals surface area contributed by atoms with Crippen LogP contribution in [0.3, 0.4) is 0 Å². The van der Waals surface area contributed by atoms with Crippen molar-refractivity contribution in [1.29, 1.82) is 0 Å². The fourth-order valence-corrected chi connectivity index (χ4v) is 3.79. The number of ether oxygens (including phenoxy) is 3. The van der Waals surface area contributed by atoms with E-state index in [9.17, 15) is 19.8 Å². The molecule has 0 saturated carbocycles. The molecule has 3 aromatic rings. The molecule has 0 unspecified atom stereocenters. The summed E-state index contributed by atoms with van der Waals surface area (Å²) in [5, 5.41) is 19.2. The highest BCUT2D eigenvalue weighted by Crippen LogP contribution is 2.27. The van der Waals surface area contributed by atoms with Gasteiger partial charge in [0.05, 0.1) is 19.3 Å². The average molecular weight is 469 g/mol. The summed E-state index contributed by atoms with van der Waals surface area (Å²) < 4.78 is 18.3. The fraction of sp³-hybridized carbons (Fsp3) is 0.360. The zero-order valence-electron chi connectivity index (χ0n) is 18.6. The van der Waals surface area contributed by atoms with E-state index in [1.165, 1.54) is 10.8 Å². The van der Waals surface area contributed by atoms with Crippen molar-refractivity contribution in [3.05, 3.63) is 92.8 Å². The van der Waals surface area contributed by atoms with Crippen LogP contribution in [0.1, 0.15) is 30.2 Å². The second kappa shape index (κ2) is 11.1. The van der Waals surface area contributed by atoms with Crippen molar-refractivity contribution >= 4 is 0 Å². The number of aliphatic hydroxyl groups is 2. The first kappa shape index (κ1) is 23.7. The summed E-state index contributed by atoms with van der Waals surface area (Å²) in [7, 11) is 0. The first-order chi connectivity index (χ1) is 16.5. The number of hydrogen-bond acceptors (Lipinski definition) is 7. The summed E-state index contributed by atoms with van der Waals surface area (Å²) in [5.41, 5.74) is 0.431. The van der Waals surface area contributed by atoms with Gasteiger partial charge in [0.15, 0.2) is 0 Å². The number of nitrogens with one attached hydrogen (secondary N) is 1. The summed E-state index contributed by atoms with van der Waals surface area (Å²) in [6.07, 6.45) is 0.195. The van der Waals surface area contributed by atoms with Crippen LogP contribution in [0.2, 0.25) is 0 Å². The number of aromatic amines is 1. The lowest BCUT2D eigenvalue weighted by Gasteiger charge is -2.15. The third kappa shape index (κ3) is 5.93. The van der Waals surface area contributed by atoms with Gasteiger partial charge in [0, 0.05) is 18.2 Å². The molecule has 0 radical (unpaired) electrons. The van der Waals surface area contributed by atoms with E-state index in [1.54, 1.807) is 0 Å². The smallest absolute Gasteiger partial charge is 0.330 e. The Morgan fingerprint density at radius 2 is 1.74 bits per heavy atom. The lowest BCUT2D eigenvalue weighted by molar-refractivity contribution is -0.0460. The Labute approximate surface area is 196 Å². The first-order valence-corrected chi connectivity index (χ1v) is 11.2. The standard InChI is InChI=1S/C25H28N2O7/c28-15-22-21(29)13-23(34-22)27-14-18(24(30)26-25(27)31)7-4-12-32-19-8-10-20(11-9-19)33-16-17-5-2-1-3-6-17/h1-3,5-6,8-11,14,21-23,28-29H,4,7,12-13,15-16H2,(H,26,30,31)/t21-,22+,23+/m0/s1. The van der Waals surface area contributed by atoms with Gasteiger partial charge in [0.1, 0.15) is 30.4 Å². The summed E-state index contributed by atoms with van der Waals surface area (Å²) in [6.45, 7) is 0.525. The molecular formula is C25H28N2O7. The van der Waals surface area contributed by atoms with Crippen molar-refractivity contribution in [2.45, 2.75) is 44.3 Å². The molecule has 34 heavy (non-hydrogen) atoms. The van der Waals surface area contributed by atoms with Gasteiger partial charge in [-0.05, 0) is 42.7 Å². The van der Waals surface area contributed by atoms with E-state index >= 15 is 0 Å². The molecule has 9 nitrogen and oxygen atoms in total. The van der Waals surface area contributed by atoms with Crippen LogP contribution in [0.5, 0.6) is 11.5 Å². The minimum Gasteiger partial charge on any atom is -0.494 e. The van der Waals surface area contributed by atoms with Crippen molar-refractivity contribution in [3.8, 4) is 11.5 Å². The molecule has 0 bridgehead atoms. The largest absolute Gasteiger partial charge is 0.494 e. The van der Waals surface area contributed by atoms with Gasteiger partial charge in [-0.2, -0.15) is 0 Å². The van der Waals surface area contributed by atoms with Crippen molar-refractivity contribution in [2.24, 2.45) is 0 Å². The van der Waals surface area contributed by atoms with Crippen molar-refractivity contribution < 1.29 is 24.4 Å². The second-order valence-corrected chi connectivity index (χ2v) is 8.13. The number of benzene rings is 2. The number of hydrogen-bond donors (Lipinski definition) is 3. The van der Waals surface area contributed by atoms with E-state index < -0.39 is 29.7 Å². The summed E-state index contributed by atoms with van der Waals surface area (Å²) in [6, 6.07) is 17.2. The number of nitrogens with zero attached hydrogens (tertiary/aromatic N) is 1. The van der Waals surface area contributed by atoms with Crippen LogP contribution in [0, 0.1) is 0 Å². The predicted molar refractivity (Wildman–Crippen MR) is 124 cm³/mol. The van der Waals surface area contributed by atoms with E-state index in [-0.39, 0.29) is 13.0 Å². The van der Waals surface area contributed by atoms with E-state index in [0.29, 0.717) is 37.4 Å². The van der Waals surface area contributed by atoms with Gasteiger partial charge in [0.25, 0.3) is 5.56 Å². The molecule has 0 amide bonds. The maximum absolute atomic E-state index is 12.2. The lowest BCUT2D eigenvalue weighted by atomic mass is 10.2. The fourth-order valence-electron chi connectivity index (χ4n) is 3.79. The lowest BCUT2D eigenvalue weighted by Crippen LogP contribution is -2.34. The Morgan fingerprint density at radius 3 is 2.41 bits per heavy atom. The molecule has 2 heterocycles. The Morgan fingerprint density at radius 1 is 1.03 bits per heavy atom. The highest BCUT2D eigenvalue weighted by atomic mass is 16.5. The van der Waals surface area contributed by atoms with Crippen LogP contribution in [0.4, 0.5) is 0 Å². The second-order valence-electron chi connectivity index (χ2n) is 8.13. The molecule has 180 valence electrons. The number of aromatic nitrogens is 2. The number of aryl methyl sites for hydroxylation is 1. The predicted octanol–water partition coefficient (Wildman–Crippen LogP) is 1.77. The van der Waals surface area contributed by atoms with Crippen LogP contribution in [0.25, 0.3) is 0 Å². The van der Waals surface area contributed by atoms with Gasteiger partial charge >= 0.3 is 5.69 Å².